The summed E-state index contributed by atoms with van der Waals surface area (Å²) in [4.78, 5) is 21.9. The molecule has 20 heavy (non-hydrogen) atoms. The zero-order valence-corrected chi connectivity index (χ0v) is 11.2. The van der Waals surface area contributed by atoms with Crippen LogP contribution in [0.1, 0.15) is 44.1 Å². The topological polar surface area (TPSA) is 80.4 Å². The Balaban J connectivity index is 1.89. The van der Waals surface area contributed by atoms with Crippen LogP contribution in [-0.2, 0) is 10.2 Å². The molecule has 0 saturated heterocycles. The van der Waals surface area contributed by atoms with Crippen LogP contribution in [-0.4, -0.2) is 16.0 Å². The summed E-state index contributed by atoms with van der Waals surface area (Å²) >= 11 is 0. The highest BCUT2D eigenvalue weighted by Crippen LogP contribution is 2.63. The smallest absolute Gasteiger partial charge is 0.314 e. The molecule has 1 N–H and O–H groups in total. The van der Waals surface area contributed by atoms with Crippen LogP contribution in [0.25, 0.3) is 0 Å². The first-order chi connectivity index (χ1) is 9.47. The van der Waals surface area contributed by atoms with Gasteiger partial charge in [0, 0.05) is 12.1 Å². The fourth-order valence-corrected chi connectivity index (χ4v) is 4.09. The second kappa shape index (κ2) is 4.30. The summed E-state index contributed by atoms with van der Waals surface area (Å²) in [5, 5.41) is 20.3. The lowest BCUT2D eigenvalue weighted by Gasteiger charge is -2.52. The van der Waals surface area contributed by atoms with E-state index in [2.05, 4.69) is 0 Å². The van der Waals surface area contributed by atoms with Gasteiger partial charge in [0.15, 0.2) is 0 Å². The first-order valence-corrected chi connectivity index (χ1v) is 6.96. The highest BCUT2D eigenvalue weighted by molar-refractivity contribution is 5.83. The normalized spacial score (nSPS) is 22.4. The second-order valence-corrected chi connectivity index (χ2v) is 6.25. The third kappa shape index (κ3) is 1.80. The maximum absolute atomic E-state index is 11.7. The molecule has 3 rings (SSSR count). The summed E-state index contributed by atoms with van der Waals surface area (Å²) < 4.78 is 0. The average molecular weight is 275 g/mol. The Hall–Kier alpha value is -1.91. The molecule has 0 aliphatic heterocycles. The van der Waals surface area contributed by atoms with E-state index >= 15 is 0 Å². The van der Waals surface area contributed by atoms with Crippen molar-refractivity contribution >= 4 is 11.7 Å². The monoisotopic (exact) mass is 275 g/mol. The number of nitrogens with zero attached hydrogens (tertiary/aromatic N) is 1. The molecule has 2 saturated carbocycles. The van der Waals surface area contributed by atoms with Crippen LogP contribution < -0.4 is 0 Å². The first-order valence-electron chi connectivity index (χ1n) is 6.96. The van der Waals surface area contributed by atoms with Gasteiger partial charge in [-0.2, -0.15) is 0 Å². The van der Waals surface area contributed by atoms with E-state index in [1.54, 1.807) is 12.1 Å². The molecule has 0 aromatic heterocycles. The number of carboxylic acids is 1. The van der Waals surface area contributed by atoms with E-state index in [1.807, 2.05) is 0 Å². The van der Waals surface area contributed by atoms with Crippen molar-refractivity contribution in [3.63, 3.8) is 0 Å². The van der Waals surface area contributed by atoms with Gasteiger partial charge in [0.25, 0.3) is 5.69 Å². The van der Waals surface area contributed by atoms with Crippen molar-refractivity contribution in [3.05, 3.63) is 39.9 Å². The lowest BCUT2D eigenvalue weighted by molar-refractivity contribution is -0.384. The summed E-state index contributed by atoms with van der Waals surface area (Å²) in [5.74, 6) is -0.802. The summed E-state index contributed by atoms with van der Waals surface area (Å²) in [6, 6.07) is 6.02. The van der Waals surface area contributed by atoms with Gasteiger partial charge in [-0.3, -0.25) is 14.9 Å². The molecule has 5 nitrogen and oxygen atoms in total. The Morgan fingerprint density at radius 3 is 2.15 bits per heavy atom. The SMILES string of the molecule is O=C(O)C1(c2ccc([N+](=O)[O-])cc2)CC2(CCCC2)C1. The second-order valence-electron chi connectivity index (χ2n) is 6.25. The number of carboxylic acid groups (broad SMARTS) is 1. The van der Waals surface area contributed by atoms with Crippen LogP contribution in [0.3, 0.4) is 0 Å². The molecule has 1 spiro atoms. The molecule has 1 aromatic rings. The molecular weight excluding hydrogens is 258 g/mol. The Labute approximate surface area is 116 Å². The van der Waals surface area contributed by atoms with Crippen LogP contribution in [0.2, 0.25) is 0 Å². The zero-order chi connectivity index (χ0) is 14.4. The zero-order valence-electron chi connectivity index (χ0n) is 11.2. The van der Waals surface area contributed by atoms with E-state index in [-0.39, 0.29) is 11.1 Å². The van der Waals surface area contributed by atoms with Crippen LogP contribution in [0.5, 0.6) is 0 Å². The number of nitro benzene ring substituents is 1. The predicted molar refractivity (Wildman–Crippen MR) is 72.5 cm³/mol. The molecule has 2 fully saturated rings. The number of hydrogen-bond donors (Lipinski definition) is 1. The number of rotatable bonds is 3. The molecule has 0 unspecified atom stereocenters. The van der Waals surface area contributed by atoms with Crippen molar-refractivity contribution in [3.8, 4) is 0 Å². The van der Waals surface area contributed by atoms with Crippen molar-refractivity contribution < 1.29 is 14.8 Å². The van der Waals surface area contributed by atoms with E-state index in [9.17, 15) is 20.0 Å². The Bertz CT molecular complexity index is 550. The average Bonchev–Trinajstić information content (AvgIpc) is 2.85. The summed E-state index contributed by atoms with van der Waals surface area (Å²) in [6.07, 6.45) is 5.97. The molecule has 0 amide bonds. The molecule has 0 atom stereocenters. The van der Waals surface area contributed by atoms with E-state index in [4.69, 9.17) is 0 Å². The molecule has 0 bridgehead atoms. The van der Waals surface area contributed by atoms with Gasteiger partial charge < -0.3 is 5.11 Å². The van der Waals surface area contributed by atoms with Crippen molar-refractivity contribution in [1.82, 2.24) is 0 Å². The standard InChI is InChI=1S/C15H17NO4/c17-13(18)15(9-14(10-15)7-1-2-8-14)11-3-5-12(6-4-11)16(19)20/h3-6H,1-2,7-10H2,(H,17,18). The molecule has 1 aromatic carbocycles. The third-order valence-corrected chi connectivity index (χ3v) is 5.06. The van der Waals surface area contributed by atoms with Gasteiger partial charge in [-0.1, -0.05) is 25.0 Å². The van der Waals surface area contributed by atoms with E-state index in [1.165, 1.54) is 25.0 Å². The van der Waals surface area contributed by atoms with E-state index in [0.29, 0.717) is 18.4 Å². The lowest BCUT2D eigenvalue weighted by Crippen LogP contribution is -2.53. The Kier molecular flexibility index (Phi) is 2.81. The Morgan fingerprint density at radius 1 is 1.15 bits per heavy atom. The largest absolute Gasteiger partial charge is 0.481 e. The molecule has 2 aliphatic rings. The quantitative estimate of drug-likeness (QED) is 0.678. The van der Waals surface area contributed by atoms with Crippen molar-refractivity contribution in [2.75, 3.05) is 0 Å². The summed E-state index contributed by atoms with van der Waals surface area (Å²) in [6.45, 7) is 0. The lowest BCUT2D eigenvalue weighted by atomic mass is 9.49. The first kappa shape index (κ1) is 13.1. The number of carbonyl (C=O) groups is 1. The van der Waals surface area contributed by atoms with Crippen molar-refractivity contribution in [1.29, 1.82) is 0 Å². The maximum atomic E-state index is 11.7. The number of non-ortho nitro benzene ring substituents is 1. The van der Waals surface area contributed by atoms with Gasteiger partial charge >= 0.3 is 5.97 Å². The van der Waals surface area contributed by atoms with Crippen molar-refractivity contribution in [2.45, 2.75) is 43.9 Å². The number of aliphatic carboxylic acids is 1. The minimum Gasteiger partial charge on any atom is -0.481 e. The van der Waals surface area contributed by atoms with Gasteiger partial charge in [-0.15, -0.1) is 0 Å². The van der Waals surface area contributed by atoms with Crippen LogP contribution in [0.4, 0.5) is 5.69 Å². The molecule has 0 radical (unpaired) electrons. The van der Waals surface area contributed by atoms with Crippen molar-refractivity contribution in [2.24, 2.45) is 5.41 Å². The van der Waals surface area contributed by atoms with Gasteiger partial charge in [0.1, 0.15) is 0 Å². The fourth-order valence-electron chi connectivity index (χ4n) is 4.09. The van der Waals surface area contributed by atoms with Gasteiger partial charge in [-0.05, 0) is 36.7 Å². The molecule has 2 aliphatic carbocycles. The fraction of sp³-hybridized carbons (Fsp3) is 0.533. The molecule has 0 heterocycles. The predicted octanol–water partition coefficient (Wildman–Crippen LogP) is 3.27. The van der Waals surface area contributed by atoms with Crippen LogP contribution in [0.15, 0.2) is 24.3 Å². The highest BCUT2D eigenvalue weighted by Gasteiger charge is 2.60. The molecular formula is C15H17NO4. The summed E-state index contributed by atoms with van der Waals surface area (Å²) in [5.41, 5.74) is 0.0805. The Morgan fingerprint density at radius 2 is 1.70 bits per heavy atom. The number of hydrogen-bond acceptors (Lipinski definition) is 3. The van der Waals surface area contributed by atoms with Crippen LogP contribution >= 0.6 is 0 Å². The number of nitro groups is 1. The molecule has 5 heteroatoms. The van der Waals surface area contributed by atoms with Crippen LogP contribution in [0, 0.1) is 15.5 Å². The third-order valence-electron chi connectivity index (χ3n) is 5.06. The minimum absolute atomic E-state index is 0.00388. The molecule has 106 valence electrons. The van der Waals surface area contributed by atoms with Gasteiger partial charge in [0.2, 0.25) is 0 Å². The minimum atomic E-state index is -0.834. The van der Waals surface area contributed by atoms with E-state index in [0.717, 1.165) is 12.8 Å². The van der Waals surface area contributed by atoms with Gasteiger partial charge in [0.05, 0.1) is 10.3 Å². The number of benzene rings is 1. The maximum Gasteiger partial charge on any atom is 0.314 e. The van der Waals surface area contributed by atoms with Gasteiger partial charge in [-0.25, -0.2) is 0 Å². The summed E-state index contributed by atoms with van der Waals surface area (Å²) in [7, 11) is 0. The highest BCUT2D eigenvalue weighted by atomic mass is 16.6. The van der Waals surface area contributed by atoms with E-state index < -0.39 is 16.3 Å².